The molecular formula is C10H22FNO2. The molecule has 0 aromatic heterocycles. The Labute approximate surface area is 86.1 Å². The van der Waals surface area contributed by atoms with Gasteiger partial charge in [-0.1, -0.05) is 13.8 Å². The predicted molar refractivity (Wildman–Crippen MR) is 54.6 cm³/mol. The van der Waals surface area contributed by atoms with Gasteiger partial charge in [0.15, 0.2) is 0 Å². The first-order chi connectivity index (χ1) is 6.65. The summed E-state index contributed by atoms with van der Waals surface area (Å²) in [5, 5.41) is 0. The van der Waals surface area contributed by atoms with E-state index in [-0.39, 0.29) is 12.1 Å². The SMILES string of the molecule is CC.CC1CCC(N(C)C)C(OF)O1. The fourth-order valence-corrected chi connectivity index (χ4v) is 1.51. The Morgan fingerprint density at radius 2 is 1.86 bits per heavy atom. The van der Waals surface area contributed by atoms with E-state index in [1.807, 2.05) is 39.8 Å². The van der Waals surface area contributed by atoms with Gasteiger partial charge in [-0.15, -0.1) is 0 Å². The van der Waals surface area contributed by atoms with Crippen LogP contribution in [-0.4, -0.2) is 37.4 Å². The molecule has 0 amide bonds. The molecule has 0 aliphatic carbocycles. The number of rotatable bonds is 2. The molecule has 3 atom stereocenters. The van der Waals surface area contributed by atoms with Gasteiger partial charge in [0.05, 0.1) is 12.1 Å². The zero-order valence-corrected chi connectivity index (χ0v) is 9.79. The third-order valence-corrected chi connectivity index (χ3v) is 2.30. The molecule has 3 unspecified atom stereocenters. The number of halogens is 1. The van der Waals surface area contributed by atoms with E-state index < -0.39 is 6.29 Å². The van der Waals surface area contributed by atoms with E-state index in [1.165, 1.54) is 0 Å². The highest BCUT2D eigenvalue weighted by Crippen LogP contribution is 2.23. The second-order valence-electron chi connectivity index (χ2n) is 3.51. The Hall–Kier alpha value is -0.190. The maximum absolute atomic E-state index is 12.0. The van der Waals surface area contributed by atoms with Crippen molar-refractivity contribution < 1.29 is 14.2 Å². The maximum atomic E-state index is 12.0. The van der Waals surface area contributed by atoms with Crippen LogP contribution < -0.4 is 0 Å². The Kier molecular flexibility index (Phi) is 7.05. The minimum absolute atomic E-state index is 0.0335. The predicted octanol–water partition coefficient (Wildman–Crippen LogP) is 2.37. The van der Waals surface area contributed by atoms with Gasteiger partial charge in [0.25, 0.3) is 0 Å². The van der Waals surface area contributed by atoms with Crippen LogP contribution >= 0.6 is 0 Å². The minimum Gasteiger partial charge on any atom is -0.345 e. The van der Waals surface area contributed by atoms with Crippen LogP contribution in [-0.2, 0) is 9.68 Å². The second kappa shape index (κ2) is 7.15. The Morgan fingerprint density at radius 3 is 2.29 bits per heavy atom. The van der Waals surface area contributed by atoms with Gasteiger partial charge in [-0.3, -0.25) is 0 Å². The molecule has 86 valence electrons. The highest BCUT2D eigenvalue weighted by Gasteiger charge is 2.32. The largest absolute Gasteiger partial charge is 0.345 e. The summed E-state index contributed by atoms with van der Waals surface area (Å²) < 4.78 is 17.3. The van der Waals surface area contributed by atoms with Crippen LogP contribution in [0, 0.1) is 0 Å². The first-order valence-corrected chi connectivity index (χ1v) is 5.24. The molecule has 0 bridgehead atoms. The van der Waals surface area contributed by atoms with E-state index in [2.05, 4.69) is 4.94 Å². The van der Waals surface area contributed by atoms with E-state index in [4.69, 9.17) is 4.74 Å². The van der Waals surface area contributed by atoms with Crippen LogP contribution in [0.15, 0.2) is 0 Å². The summed E-state index contributed by atoms with van der Waals surface area (Å²) in [5.41, 5.74) is 0. The van der Waals surface area contributed by atoms with Gasteiger partial charge in [0.1, 0.15) is 0 Å². The van der Waals surface area contributed by atoms with Crippen LogP contribution in [0.4, 0.5) is 4.53 Å². The summed E-state index contributed by atoms with van der Waals surface area (Å²) >= 11 is 0. The molecule has 0 saturated carbocycles. The lowest BCUT2D eigenvalue weighted by atomic mass is 10.0. The third kappa shape index (κ3) is 3.90. The summed E-state index contributed by atoms with van der Waals surface area (Å²) in [6.07, 6.45) is 1.26. The van der Waals surface area contributed by atoms with Gasteiger partial charge in [-0.2, -0.15) is 4.94 Å². The summed E-state index contributed by atoms with van der Waals surface area (Å²) in [7, 11) is 3.80. The van der Waals surface area contributed by atoms with Crippen molar-refractivity contribution in [3.63, 3.8) is 0 Å². The van der Waals surface area contributed by atoms with Crippen LogP contribution in [0.1, 0.15) is 33.6 Å². The van der Waals surface area contributed by atoms with Crippen LogP contribution in [0.2, 0.25) is 0 Å². The van der Waals surface area contributed by atoms with Gasteiger partial charge < -0.3 is 9.64 Å². The third-order valence-electron chi connectivity index (χ3n) is 2.30. The smallest absolute Gasteiger partial charge is 0.212 e. The minimum atomic E-state index is -0.719. The summed E-state index contributed by atoms with van der Waals surface area (Å²) in [5.74, 6) is 0. The molecule has 1 aliphatic rings. The molecule has 0 aromatic carbocycles. The normalized spacial score (nSPS) is 32.4. The highest BCUT2D eigenvalue weighted by molar-refractivity contribution is 4.76. The van der Waals surface area contributed by atoms with Gasteiger partial charge in [-0.05, 0) is 38.4 Å². The summed E-state index contributed by atoms with van der Waals surface area (Å²) in [4.78, 5) is 5.70. The number of nitrogens with zero attached hydrogens (tertiary/aromatic N) is 1. The van der Waals surface area contributed by atoms with E-state index in [0.29, 0.717) is 0 Å². The fraction of sp³-hybridized carbons (Fsp3) is 1.00. The number of hydrogen-bond donors (Lipinski definition) is 0. The molecule has 4 heteroatoms. The lowest BCUT2D eigenvalue weighted by Gasteiger charge is -2.35. The van der Waals surface area contributed by atoms with Crippen LogP contribution in [0.3, 0.4) is 0 Å². The first-order valence-electron chi connectivity index (χ1n) is 5.24. The van der Waals surface area contributed by atoms with Gasteiger partial charge in [0.2, 0.25) is 6.29 Å². The molecule has 1 fully saturated rings. The molecule has 1 saturated heterocycles. The molecule has 1 aliphatic heterocycles. The highest BCUT2D eigenvalue weighted by atomic mass is 19.3. The molecule has 1 heterocycles. The van der Waals surface area contributed by atoms with Crippen molar-refractivity contribution in [2.45, 2.75) is 52.0 Å². The monoisotopic (exact) mass is 207 g/mol. The van der Waals surface area contributed by atoms with Crippen LogP contribution in [0.25, 0.3) is 0 Å². The standard InChI is InChI=1S/C8H16FNO2.C2H6/c1-6-4-5-7(10(2)3)8(11-6)12-9;1-2/h6-8H,4-5H2,1-3H3;1-2H3. The number of ether oxygens (including phenoxy) is 1. The first kappa shape index (κ1) is 13.8. The Morgan fingerprint density at radius 1 is 1.29 bits per heavy atom. The van der Waals surface area contributed by atoms with Gasteiger partial charge >= 0.3 is 0 Å². The zero-order chi connectivity index (χ0) is 11.1. The Bertz CT molecular complexity index is 144. The lowest BCUT2D eigenvalue weighted by Crippen LogP contribution is -2.46. The molecule has 0 radical (unpaired) electrons. The van der Waals surface area contributed by atoms with Crippen molar-refractivity contribution in [3.8, 4) is 0 Å². The molecule has 3 nitrogen and oxygen atoms in total. The van der Waals surface area contributed by atoms with Crippen molar-refractivity contribution in [2.24, 2.45) is 0 Å². The van der Waals surface area contributed by atoms with Crippen molar-refractivity contribution in [3.05, 3.63) is 0 Å². The Balaban J connectivity index is 0.000000791. The topological polar surface area (TPSA) is 21.7 Å². The molecule has 1 rings (SSSR count). The van der Waals surface area contributed by atoms with Crippen LogP contribution in [0.5, 0.6) is 0 Å². The molecule has 0 aromatic rings. The van der Waals surface area contributed by atoms with Crippen molar-refractivity contribution in [1.29, 1.82) is 0 Å². The zero-order valence-electron chi connectivity index (χ0n) is 9.79. The van der Waals surface area contributed by atoms with Crippen molar-refractivity contribution in [2.75, 3.05) is 14.1 Å². The van der Waals surface area contributed by atoms with E-state index in [1.54, 1.807) is 0 Å². The van der Waals surface area contributed by atoms with Gasteiger partial charge in [-0.25, -0.2) is 0 Å². The van der Waals surface area contributed by atoms with Gasteiger partial charge in [0, 0.05) is 0 Å². The fourth-order valence-electron chi connectivity index (χ4n) is 1.51. The molecule has 0 N–H and O–H groups in total. The van der Waals surface area contributed by atoms with Crippen molar-refractivity contribution >= 4 is 0 Å². The molecule has 14 heavy (non-hydrogen) atoms. The molecule has 0 spiro atoms. The average molecular weight is 207 g/mol. The number of hydrogen-bond acceptors (Lipinski definition) is 3. The quantitative estimate of drug-likeness (QED) is 0.694. The maximum Gasteiger partial charge on any atom is 0.212 e. The second-order valence-corrected chi connectivity index (χ2v) is 3.51. The van der Waals surface area contributed by atoms with E-state index in [0.717, 1.165) is 12.8 Å². The van der Waals surface area contributed by atoms with E-state index >= 15 is 0 Å². The number of likely N-dealkylation sites (N-methyl/N-ethyl adjacent to an activating group) is 1. The molecular weight excluding hydrogens is 185 g/mol. The van der Waals surface area contributed by atoms with Crippen molar-refractivity contribution in [1.82, 2.24) is 4.90 Å². The van der Waals surface area contributed by atoms with E-state index in [9.17, 15) is 4.53 Å². The lowest BCUT2D eigenvalue weighted by molar-refractivity contribution is -0.315. The average Bonchev–Trinajstić information content (AvgIpc) is 2.20. The summed E-state index contributed by atoms with van der Waals surface area (Å²) in [6.45, 7) is 5.93. The summed E-state index contributed by atoms with van der Waals surface area (Å²) in [6, 6.07) is 0.0335.